The molecule has 2 aromatic carbocycles. The number of hydrogen-bond acceptors (Lipinski definition) is 4. The first-order valence-electron chi connectivity index (χ1n) is 9.59. The van der Waals surface area contributed by atoms with Crippen LogP contribution in [-0.2, 0) is 16.1 Å². The minimum absolute atomic E-state index is 0.0453. The lowest BCUT2D eigenvalue weighted by Crippen LogP contribution is -2.38. The van der Waals surface area contributed by atoms with E-state index in [1.165, 1.54) is 23.3 Å². The molecule has 4 nitrogen and oxygen atoms in total. The van der Waals surface area contributed by atoms with E-state index < -0.39 is 0 Å². The van der Waals surface area contributed by atoms with Gasteiger partial charge in [0.25, 0.3) is 0 Å². The lowest BCUT2D eigenvalue weighted by Gasteiger charge is -2.34. The van der Waals surface area contributed by atoms with Crippen LogP contribution in [0.2, 0.25) is 0 Å². The van der Waals surface area contributed by atoms with Crippen molar-refractivity contribution < 1.29 is 13.9 Å². The number of aromatic nitrogens is 1. The van der Waals surface area contributed by atoms with Crippen LogP contribution in [0.4, 0.5) is 4.39 Å². The van der Waals surface area contributed by atoms with E-state index in [4.69, 9.17) is 4.74 Å². The van der Waals surface area contributed by atoms with Crippen LogP contribution in [0.5, 0.6) is 0 Å². The highest BCUT2D eigenvalue weighted by Gasteiger charge is 2.41. The van der Waals surface area contributed by atoms with Crippen LogP contribution in [0.3, 0.4) is 0 Å². The van der Waals surface area contributed by atoms with Gasteiger partial charge in [0, 0.05) is 18.3 Å². The van der Waals surface area contributed by atoms with Crippen LogP contribution in [0.25, 0.3) is 17.2 Å². The molecule has 0 spiro atoms. The van der Waals surface area contributed by atoms with Crippen LogP contribution >= 0.6 is 0 Å². The lowest BCUT2D eigenvalue weighted by atomic mass is 9.88. The van der Waals surface area contributed by atoms with Crippen molar-refractivity contribution >= 4 is 12.0 Å². The third-order valence-corrected chi connectivity index (χ3v) is 5.46. The topological polar surface area (TPSA) is 42.4 Å². The molecule has 2 aliphatic heterocycles. The number of fused-ring (bicyclic) bond motifs is 2. The van der Waals surface area contributed by atoms with E-state index in [0.29, 0.717) is 6.54 Å². The minimum atomic E-state index is -0.278. The largest absolute Gasteiger partial charge is 0.444 e. The number of carbonyl (C=O) groups excluding carboxylic acids is 1. The van der Waals surface area contributed by atoms with Crippen molar-refractivity contribution in [1.82, 2.24) is 9.88 Å². The Hall–Kier alpha value is -3.31. The molecule has 29 heavy (non-hydrogen) atoms. The molecule has 2 unspecified atom stereocenters. The van der Waals surface area contributed by atoms with Gasteiger partial charge in [-0.3, -0.25) is 14.7 Å². The van der Waals surface area contributed by atoms with Gasteiger partial charge < -0.3 is 4.74 Å². The molecular formula is C24H19FN2O2. The van der Waals surface area contributed by atoms with Gasteiger partial charge in [0.05, 0.1) is 11.6 Å². The van der Waals surface area contributed by atoms with Crippen molar-refractivity contribution in [3.05, 3.63) is 95.6 Å². The number of esters is 1. The zero-order valence-corrected chi connectivity index (χ0v) is 15.7. The molecule has 0 N–H and O–H groups in total. The van der Waals surface area contributed by atoms with E-state index in [-0.39, 0.29) is 23.9 Å². The standard InChI is InChI=1S/C24H19FN2O2/c25-19-6-3-5-16(12-19)17-8-9-20(26-13-17)10-11-22-21-7-2-1-4-18(21)14-27-15-23(28)29-24(22)27/h1-13,22,24H,14-15H2/b11-10+. The van der Waals surface area contributed by atoms with Crippen molar-refractivity contribution in [2.45, 2.75) is 18.7 Å². The van der Waals surface area contributed by atoms with Crippen LogP contribution in [0, 0.1) is 5.82 Å². The molecule has 3 heterocycles. The van der Waals surface area contributed by atoms with E-state index in [0.717, 1.165) is 23.4 Å². The fourth-order valence-corrected chi connectivity index (χ4v) is 4.07. The molecule has 0 bridgehead atoms. The van der Waals surface area contributed by atoms with Crippen LogP contribution in [0.15, 0.2) is 72.9 Å². The van der Waals surface area contributed by atoms with E-state index in [9.17, 15) is 9.18 Å². The molecule has 0 aliphatic carbocycles. The highest BCUT2D eigenvalue weighted by molar-refractivity contribution is 5.74. The Balaban J connectivity index is 1.42. The van der Waals surface area contributed by atoms with E-state index in [1.807, 2.05) is 36.4 Å². The summed E-state index contributed by atoms with van der Waals surface area (Å²) in [4.78, 5) is 18.4. The molecule has 3 aromatic rings. The number of halogens is 1. The average Bonchev–Trinajstić information content (AvgIpc) is 3.11. The Labute approximate surface area is 168 Å². The summed E-state index contributed by atoms with van der Waals surface area (Å²) in [6.07, 6.45) is 5.47. The second-order valence-electron chi connectivity index (χ2n) is 7.35. The van der Waals surface area contributed by atoms with Gasteiger partial charge in [-0.1, -0.05) is 48.5 Å². The molecule has 2 aliphatic rings. The van der Waals surface area contributed by atoms with Crippen LogP contribution in [0.1, 0.15) is 22.7 Å². The van der Waals surface area contributed by atoms with Crippen LogP contribution in [-0.4, -0.2) is 28.6 Å². The number of benzene rings is 2. The minimum Gasteiger partial charge on any atom is -0.444 e. The van der Waals surface area contributed by atoms with Gasteiger partial charge in [-0.25, -0.2) is 4.39 Å². The number of hydrogen-bond donors (Lipinski definition) is 0. The molecule has 2 atom stereocenters. The summed E-state index contributed by atoms with van der Waals surface area (Å²) in [5.41, 5.74) is 4.84. The summed E-state index contributed by atoms with van der Waals surface area (Å²) in [5, 5.41) is 0. The maximum atomic E-state index is 13.4. The van der Waals surface area contributed by atoms with Crippen molar-refractivity contribution in [2.75, 3.05) is 6.54 Å². The monoisotopic (exact) mass is 386 g/mol. The molecule has 5 heteroatoms. The summed E-state index contributed by atoms with van der Waals surface area (Å²) in [7, 11) is 0. The Kier molecular flexibility index (Phi) is 4.45. The van der Waals surface area contributed by atoms with Crippen molar-refractivity contribution in [3.8, 4) is 11.1 Å². The fourth-order valence-electron chi connectivity index (χ4n) is 4.07. The predicted octanol–water partition coefficient (Wildman–Crippen LogP) is 4.38. The Bertz CT molecular complexity index is 1090. The summed E-state index contributed by atoms with van der Waals surface area (Å²) in [5.74, 6) is -0.493. The van der Waals surface area contributed by atoms with Crippen molar-refractivity contribution in [3.63, 3.8) is 0 Å². The molecular weight excluding hydrogens is 367 g/mol. The number of nitrogens with zero attached hydrogens (tertiary/aromatic N) is 2. The molecule has 5 rings (SSSR count). The van der Waals surface area contributed by atoms with Gasteiger partial charge in [-0.15, -0.1) is 0 Å². The number of ether oxygens (including phenoxy) is 1. The van der Waals surface area contributed by atoms with Gasteiger partial charge in [-0.2, -0.15) is 0 Å². The van der Waals surface area contributed by atoms with Gasteiger partial charge in [0.1, 0.15) is 12.4 Å². The van der Waals surface area contributed by atoms with E-state index >= 15 is 0 Å². The normalized spacial score (nSPS) is 21.1. The second-order valence-corrected chi connectivity index (χ2v) is 7.35. The number of rotatable bonds is 3. The van der Waals surface area contributed by atoms with Crippen LogP contribution < -0.4 is 0 Å². The number of carbonyl (C=O) groups is 1. The molecule has 1 aromatic heterocycles. The smallest absolute Gasteiger partial charge is 0.321 e. The maximum absolute atomic E-state index is 13.4. The fraction of sp³-hybridized carbons (Fsp3) is 0.167. The highest BCUT2D eigenvalue weighted by atomic mass is 19.1. The van der Waals surface area contributed by atoms with Gasteiger partial charge >= 0.3 is 5.97 Å². The Morgan fingerprint density at radius 3 is 2.76 bits per heavy atom. The lowest BCUT2D eigenvalue weighted by molar-refractivity contribution is -0.142. The molecule has 1 fully saturated rings. The third kappa shape index (κ3) is 3.45. The molecule has 0 radical (unpaired) electrons. The summed E-state index contributed by atoms with van der Waals surface area (Å²) < 4.78 is 19.0. The average molecular weight is 386 g/mol. The Morgan fingerprint density at radius 2 is 1.93 bits per heavy atom. The van der Waals surface area contributed by atoms with Gasteiger partial charge in [0.15, 0.2) is 6.23 Å². The van der Waals surface area contributed by atoms with Crippen molar-refractivity contribution in [2.24, 2.45) is 0 Å². The van der Waals surface area contributed by atoms with Gasteiger partial charge in [0.2, 0.25) is 0 Å². The quantitative estimate of drug-likeness (QED) is 0.627. The molecule has 0 saturated carbocycles. The predicted molar refractivity (Wildman–Crippen MR) is 108 cm³/mol. The zero-order valence-electron chi connectivity index (χ0n) is 15.7. The molecule has 144 valence electrons. The highest BCUT2D eigenvalue weighted by Crippen LogP contribution is 2.37. The molecule has 1 saturated heterocycles. The zero-order chi connectivity index (χ0) is 19.8. The summed E-state index contributed by atoms with van der Waals surface area (Å²) >= 11 is 0. The van der Waals surface area contributed by atoms with Gasteiger partial charge in [-0.05, 0) is 41.0 Å². The Morgan fingerprint density at radius 1 is 1.03 bits per heavy atom. The number of pyridine rings is 1. The second kappa shape index (κ2) is 7.26. The summed E-state index contributed by atoms with van der Waals surface area (Å²) in [6, 6.07) is 18.5. The first-order chi connectivity index (χ1) is 14.2. The first-order valence-corrected chi connectivity index (χ1v) is 9.59. The SMILES string of the molecule is O=C1CN2Cc3ccccc3C(/C=C/c3ccc(-c4cccc(F)c4)cn3)C2O1. The molecule has 0 amide bonds. The van der Waals surface area contributed by atoms with Crippen molar-refractivity contribution in [1.29, 1.82) is 0 Å². The van der Waals surface area contributed by atoms with E-state index in [2.05, 4.69) is 28.1 Å². The first kappa shape index (κ1) is 17.8. The maximum Gasteiger partial charge on any atom is 0.321 e. The summed E-state index contributed by atoms with van der Waals surface area (Å²) in [6.45, 7) is 1.04. The van der Waals surface area contributed by atoms with E-state index in [1.54, 1.807) is 12.3 Å². The third-order valence-electron chi connectivity index (χ3n) is 5.46.